The molecule has 0 radical (unpaired) electrons. The smallest absolute Gasteiger partial charge is 0.220 e. The summed E-state index contributed by atoms with van der Waals surface area (Å²) in [5, 5.41) is 6.09. The van der Waals surface area contributed by atoms with Gasteiger partial charge < -0.3 is 5.32 Å². The lowest BCUT2D eigenvalue weighted by atomic mass is 9.96. The van der Waals surface area contributed by atoms with Gasteiger partial charge >= 0.3 is 0 Å². The Labute approximate surface area is 176 Å². The molecule has 5 nitrogen and oxygen atoms in total. The van der Waals surface area contributed by atoms with Crippen molar-refractivity contribution in [3.63, 3.8) is 0 Å². The van der Waals surface area contributed by atoms with Crippen molar-refractivity contribution in [2.45, 2.75) is 51.2 Å². The number of rotatable bonds is 8. The number of aryl methyl sites for hydroxylation is 2. The van der Waals surface area contributed by atoms with Crippen LogP contribution in [0, 0.1) is 19.8 Å². The molecular weight excluding hydrogens is 388 g/mol. The van der Waals surface area contributed by atoms with E-state index in [4.69, 9.17) is 0 Å². The van der Waals surface area contributed by atoms with Gasteiger partial charge in [0.05, 0.1) is 0 Å². The average molecular weight is 419 g/mol. The van der Waals surface area contributed by atoms with Crippen molar-refractivity contribution < 1.29 is 4.79 Å². The minimum atomic E-state index is 0.133. The van der Waals surface area contributed by atoms with Crippen LogP contribution in [0.2, 0.25) is 0 Å². The predicted octanol–water partition coefficient (Wildman–Crippen LogP) is 3.84. The van der Waals surface area contributed by atoms with E-state index in [1.807, 2.05) is 31.4 Å². The number of hydrogen-bond donors (Lipinski definition) is 1. The molecule has 0 unspecified atom stereocenters. The van der Waals surface area contributed by atoms with Gasteiger partial charge in [-0.2, -0.15) is 0 Å². The van der Waals surface area contributed by atoms with Crippen LogP contribution in [0.15, 0.2) is 22.7 Å². The fourth-order valence-electron chi connectivity index (χ4n) is 3.72. The molecule has 2 aromatic rings. The maximum absolute atomic E-state index is 12.3. The van der Waals surface area contributed by atoms with Gasteiger partial charge in [0.15, 0.2) is 5.16 Å². The molecule has 0 spiro atoms. The van der Waals surface area contributed by atoms with E-state index in [9.17, 15) is 4.79 Å². The summed E-state index contributed by atoms with van der Waals surface area (Å²) in [6.45, 7) is 8.11. The second kappa shape index (κ2) is 10.4. The van der Waals surface area contributed by atoms with Crippen molar-refractivity contribution in [3.05, 3.63) is 39.3 Å². The first-order valence-electron chi connectivity index (χ1n) is 9.94. The summed E-state index contributed by atoms with van der Waals surface area (Å²) in [5.41, 5.74) is 3.08. The van der Waals surface area contributed by atoms with Gasteiger partial charge in [-0.3, -0.25) is 9.69 Å². The van der Waals surface area contributed by atoms with Gasteiger partial charge in [-0.05, 0) is 75.4 Å². The molecule has 3 heterocycles. The summed E-state index contributed by atoms with van der Waals surface area (Å²) in [6, 6.07) is 4.33. The Kier molecular flexibility index (Phi) is 7.88. The summed E-state index contributed by atoms with van der Waals surface area (Å²) >= 11 is 3.38. The van der Waals surface area contributed by atoms with Crippen LogP contribution in [-0.2, 0) is 17.8 Å². The van der Waals surface area contributed by atoms with E-state index >= 15 is 0 Å². The highest BCUT2D eigenvalue weighted by Crippen LogP contribution is 2.20. The van der Waals surface area contributed by atoms with Gasteiger partial charge in [0.2, 0.25) is 5.91 Å². The highest BCUT2D eigenvalue weighted by Gasteiger charge is 2.20. The highest BCUT2D eigenvalue weighted by atomic mass is 32.2. The molecule has 0 aliphatic carbocycles. The monoisotopic (exact) mass is 418 g/mol. The zero-order valence-electron chi connectivity index (χ0n) is 17.0. The molecule has 1 amide bonds. The molecule has 0 atom stereocenters. The molecule has 1 N–H and O–H groups in total. The lowest BCUT2D eigenvalue weighted by Gasteiger charge is -2.31. The number of nitrogens with zero attached hydrogens (tertiary/aromatic N) is 3. The van der Waals surface area contributed by atoms with Crippen LogP contribution in [0.1, 0.15) is 41.1 Å². The average Bonchev–Trinajstić information content (AvgIpc) is 3.19. The van der Waals surface area contributed by atoms with E-state index in [1.54, 1.807) is 11.8 Å². The minimum absolute atomic E-state index is 0.133. The summed E-state index contributed by atoms with van der Waals surface area (Å²) in [4.78, 5) is 25.3. The number of nitrogens with one attached hydrogen (secondary N) is 1. The van der Waals surface area contributed by atoms with Crippen LogP contribution < -0.4 is 5.32 Å². The number of likely N-dealkylation sites (tertiary alicyclic amines) is 1. The summed E-state index contributed by atoms with van der Waals surface area (Å²) in [7, 11) is 0. The molecule has 2 aromatic heterocycles. The Hall–Kier alpha value is -1.44. The molecule has 1 aliphatic rings. The van der Waals surface area contributed by atoms with Crippen molar-refractivity contribution in [3.8, 4) is 0 Å². The number of thioether (sulfide) groups is 1. The fourth-order valence-corrected chi connectivity index (χ4v) is 4.92. The van der Waals surface area contributed by atoms with E-state index in [1.165, 1.54) is 4.88 Å². The zero-order chi connectivity index (χ0) is 19.9. The second-order valence-corrected chi connectivity index (χ2v) is 9.27. The molecule has 0 bridgehead atoms. The number of thiophene rings is 1. The Balaban J connectivity index is 1.37. The largest absolute Gasteiger partial charge is 0.356 e. The van der Waals surface area contributed by atoms with Crippen molar-refractivity contribution in [1.29, 1.82) is 0 Å². The first kappa shape index (κ1) is 21.3. The zero-order valence-corrected chi connectivity index (χ0v) is 18.7. The Morgan fingerprint density at radius 1 is 1.29 bits per heavy atom. The molecule has 1 fully saturated rings. The minimum Gasteiger partial charge on any atom is -0.356 e. The topological polar surface area (TPSA) is 58.1 Å². The van der Waals surface area contributed by atoms with Gasteiger partial charge in [0, 0.05) is 35.8 Å². The number of amides is 1. The maximum Gasteiger partial charge on any atom is 0.220 e. The molecule has 152 valence electrons. The predicted molar refractivity (Wildman–Crippen MR) is 117 cm³/mol. The fraction of sp³-hybridized carbons (Fsp3) is 0.571. The summed E-state index contributed by atoms with van der Waals surface area (Å²) < 4.78 is 0. The number of hydrogen-bond acceptors (Lipinski definition) is 6. The Morgan fingerprint density at radius 2 is 2.00 bits per heavy atom. The SMILES string of the molecule is CSc1nc(C)c(CCC(=O)NCC2CCN(Cc3cccs3)CC2)c(C)n1. The van der Waals surface area contributed by atoms with Gasteiger partial charge in [-0.25, -0.2) is 9.97 Å². The van der Waals surface area contributed by atoms with E-state index < -0.39 is 0 Å². The van der Waals surface area contributed by atoms with Crippen LogP contribution in [0.5, 0.6) is 0 Å². The molecular formula is C21H30N4OS2. The maximum atomic E-state index is 12.3. The van der Waals surface area contributed by atoms with Crippen LogP contribution in [0.4, 0.5) is 0 Å². The third-order valence-corrected chi connectivity index (χ3v) is 6.85. The molecule has 0 saturated carbocycles. The molecule has 7 heteroatoms. The van der Waals surface area contributed by atoms with Crippen molar-refractivity contribution in [2.75, 3.05) is 25.9 Å². The summed E-state index contributed by atoms with van der Waals surface area (Å²) in [6.07, 6.45) is 5.51. The van der Waals surface area contributed by atoms with Crippen LogP contribution in [-0.4, -0.2) is 46.7 Å². The number of piperidine rings is 1. The standard InChI is InChI=1S/C21H30N4OS2/c1-15-19(16(2)24-21(23-15)27-3)6-7-20(26)22-13-17-8-10-25(11-9-17)14-18-5-4-12-28-18/h4-5,12,17H,6-11,13-14H2,1-3H3,(H,22,26). The Morgan fingerprint density at radius 3 is 2.61 bits per heavy atom. The van der Waals surface area contributed by atoms with Crippen molar-refractivity contribution in [2.24, 2.45) is 5.92 Å². The summed E-state index contributed by atoms with van der Waals surface area (Å²) in [5.74, 6) is 0.727. The van der Waals surface area contributed by atoms with Crippen LogP contribution in [0.3, 0.4) is 0 Å². The van der Waals surface area contributed by atoms with Gasteiger partial charge in [0.1, 0.15) is 0 Å². The third kappa shape index (κ3) is 6.03. The lowest BCUT2D eigenvalue weighted by molar-refractivity contribution is -0.121. The van der Waals surface area contributed by atoms with Gasteiger partial charge in [0.25, 0.3) is 0 Å². The quantitative estimate of drug-likeness (QED) is 0.521. The first-order valence-corrected chi connectivity index (χ1v) is 12.0. The number of carbonyl (C=O) groups excluding carboxylic acids is 1. The van der Waals surface area contributed by atoms with E-state index in [0.29, 0.717) is 18.8 Å². The molecule has 3 rings (SSSR count). The van der Waals surface area contributed by atoms with E-state index in [-0.39, 0.29) is 5.91 Å². The van der Waals surface area contributed by atoms with Crippen molar-refractivity contribution in [1.82, 2.24) is 20.2 Å². The highest BCUT2D eigenvalue weighted by molar-refractivity contribution is 7.98. The normalized spacial score (nSPS) is 15.7. The molecule has 28 heavy (non-hydrogen) atoms. The number of aromatic nitrogens is 2. The Bertz CT molecular complexity index is 748. The number of carbonyl (C=O) groups is 1. The van der Waals surface area contributed by atoms with Gasteiger partial charge in [-0.1, -0.05) is 17.8 Å². The van der Waals surface area contributed by atoms with Crippen LogP contribution >= 0.6 is 23.1 Å². The first-order chi connectivity index (χ1) is 13.5. The van der Waals surface area contributed by atoms with Gasteiger partial charge in [-0.15, -0.1) is 11.3 Å². The van der Waals surface area contributed by atoms with Crippen molar-refractivity contribution >= 4 is 29.0 Å². The van der Waals surface area contributed by atoms with Crippen LogP contribution in [0.25, 0.3) is 0 Å². The van der Waals surface area contributed by atoms with E-state index in [2.05, 4.69) is 37.7 Å². The third-order valence-electron chi connectivity index (χ3n) is 5.44. The second-order valence-electron chi connectivity index (χ2n) is 7.46. The molecule has 1 saturated heterocycles. The molecule has 0 aromatic carbocycles. The lowest BCUT2D eigenvalue weighted by Crippen LogP contribution is -2.38. The molecule has 1 aliphatic heterocycles. The van der Waals surface area contributed by atoms with E-state index in [0.717, 1.165) is 61.1 Å².